The number of anilines is 1. The fraction of sp³-hybridized carbons (Fsp3) is 0.643. The Hall–Kier alpha value is -1.14. The normalized spacial score (nSPS) is 20.4. The Morgan fingerprint density at radius 1 is 1.45 bits per heavy atom. The van der Waals surface area contributed by atoms with Gasteiger partial charge in [0.1, 0.15) is 5.82 Å². The van der Waals surface area contributed by atoms with Crippen LogP contribution in [0.25, 0.3) is 0 Å². The average Bonchev–Trinajstić information content (AvgIpc) is 2.85. The van der Waals surface area contributed by atoms with Crippen molar-refractivity contribution in [3.63, 3.8) is 0 Å². The summed E-state index contributed by atoms with van der Waals surface area (Å²) in [6, 6.07) is 6.21. The maximum atomic E-state index is 11.7. The molecule has 1 N–H and O–H groups in total. The van der Waals surface area contributed by atoms with Gasteiger partial charge in [0.05, 0.1) is 4.75 Å². The number of sulfone groups is 1. The van der Waals surface area contributed by atoms with E-state index < -0.39 is 14.6 Å². The summed E-state index contributed by atoms with van der Waals surface area (Å²) in [5.74, 6) is 0.985. The van der Waals surface area contributed by atoms with E-state index in [-0.39, 0.29) is 0 Å². The molecule has 1 atom stereocenters. The molecule has 0 bridgehead atoms. The maximum Gasteiger partial charge on any atom is 0.153 e. The minimum Gasteiger partial charge on any atom is -0.355 e. The molecule has 0 spiro atoms. The first kappa shape index (κ1) is 15.3. The van der Waals surface area contributed by atoms with E-state index in [1.54, 1.807) is 20.0 Å². The molecule has 20 heavy (non-hydrogen) atoms. The van der Waals surface area contributed by atoms with Gasteiger partial charge < -0.3 is 10.2 Å². The van der Waals surface area contributed by atoms with Crippen LogP contribution in [0.2, 0.25) is 0 Å². The van der Waals surface area contributed by atoms with Gasteiger partial charge in [-0.3, -0.25) is 0 Å². The van der Waals surface area contributed by atoms with E-state index in [1.807, 2.05) is 18.2 Å². The average molecular weight is 297 g/mol. The largest absolute Gasteiger partial charge is 0.355 e. The molecule has 112 valence electrons. The Bertz CT molecular complexity index is 543. The molecule has 1 aliphatic rings. The Balaban J connectivity index is 1.89. The number of rotatable bonds is 5. The van der Waals surface area contributed by atoms with Crippen LogP contribution in [0.4, 0.5) is 5.82 Å². The molecule has 0 saturated carbocycles. The second-order valence-corrected chi connectivity index (χ2v) is 8.68. The highest BCUT2D eigenvalue weighted by atomic mass is 32.2. The lowest BCUT2D eigenvalue weighted by molar-refractivity contribution is 0.481. The topological polar surface area (TPSA) is 62.3 Å². The molecule has 6 heteroatoms. The van der Waals surface area contributed by atoms with Gasteiger partial charge in [-0.2, -0.15) is 0 Å². The highest BCUT2D eigenvalue weighted by molar-refractivity contribution is 7.92. The highest BCUT2D eigenvalue weighted by Gasteiger charge is 2.32. The summed E-state index contributed by atoms with van der Waals surface area (Å²) >= 11 is 0. The van der Waals surface area contributed by atoms with Gasteiger partial charge >= 0.3 is 0 Å². The minimum absolute atomic E-state index is 0.318. The zero-order valence-corrected chi connectivity index (χ0v) is 13.2. The maximum absolute atomic E-state index is 11.7. The molecule has 1 fully saturated rings. The van der Waals surface area contributed by atoms with Crippen molar-refractivity contribution in [2.24, 2.45) is 0 Å². The molecular weight excluding hydrogens is 274 g/mol. The van der Waals surface area contributed by atoms with Crippen molar-refractivity contribution in [3.05, 3.63) is 24.4 Å². The lowest BCUT2D eigenvalue weighted by Crippen LogP contribution is -2.46. The van der Waals surface area contributed by atoms with Crippen LogP contribution in [0, 0.1) is 0 Å². The van der Waals surface area contributed by atoms with Gasteiger partial charge in [-0.25, -0.2) is 13.4 Å². The van der Waals surface area contributed by atoms with Crippen molar-refractivity contribution < 1.29 is 8.42 Å². The zero-order valence-electron chi connectivity index (χ0n) is 12.3. The summed E-state index contributed by atoms with van der Waals surface area (Å²) in [7, 11) is -3.05. The van der Waals surface area contributed by atoms with E-state index in [1.165, 1.54) is 6.26 Å². The van der Waals surface area contributed by atoms with Gasteiger partial charge in [-0.1, -0.05) is 6.07 Å². The molecule has 2 heterocycles. The van der Waals surface area contributed by atoms with E-state index in [9.17, 15) is 8.42 Å². The second kappa shape index (κ2) is 5.69. The van der Waals surface area contributed by atoms with Crippen LogP contribution < -0.4 is 10.2 Å². The highest BCUT2D eigenvalue weighted by Crippen LogP contribution is 2.19. The fourth-order valence-electron chi connectivity index (χ4n) is 2.20. The monoisotopic (exact) mass is 297 g/mol. The third-order valence-corrected chi connectivity index (χ3v) is 6.13. The zero-order chi connectivity index (χ0) is 14.8. The fourth-order valence-corrected chi connectivity index (χ4v) is 2.54. The summed E-state index contributed by atoms with van der Waals surface area (Å²) in [4.78, 5) is 6.57. The SMILES string of the molecule is CC(C)(CN[C@H]1CCN(c2ccccn2)C1)S(C)(=O)=O. The van der Waals surface area contributed by atoms with Gasteiger partial charge in [-0.15, -0.1) is 0 Å². The minimum atomic E-state index is -3.05. The molecule has 1 aliphatic heterocycles. The Kier molecular flexibility index (Phi) is 4.34. The molecule has 0 unspecified atom stereocenters. The molecule has 0 aliphatic carbocycles. The predicted octanol–water partition coefficient (Wildman–Crippen LogP) is 1.07. The van der Waals surface area contributed by atoms with Gasteiger partial charge in [0.2, 0.25) is 0 Å². The lowest BCUT2D eigenvalue weighted by atomic mass is 10.2. The van der Waals surface area contributed by atoms with E-state index in [0.29, 0.717) is 12.6 Å². The number of hydrogen-bond donors (Lipinski definition) is 1. The van der Waals surface area contributed by atoms with Crippen LogP contribution in [0.1, 0.15) is 20.3 Å². The van der Waals surface area contributed by atoms with Crippen molar-refractivity contribution in [2.75, 3.05) is 30.8 Å². The standard InChI is InChI=1S/C14H23N3O2S/c1-14(2,20(3,18)19)11-16-12-7-9-17(10-12)13-6-4-5-8-15-13/h4-6,8,12,16H,7,9-11H2,1-3H3/t12-/m0/s1. The van der Waals surface area contributed by atoms with Gasteiger partial charge in [-0.05, 0) is 32.4 Å². The van der Waals surface area contributed by atoms with Crippen LogP contribution in [0.5, 0.6) is 0 Å². The number of nitrogens with one attached hydrogen (secondary N) is 1. The van der Waals surface area contributed by atoms with Crippen LogP contribution in [0.3, 0.4) is 0 Å². The number of hydrogen-bond acceptors (Lipinski definition) is 5. The molecule has 5 nitrogen and oxygen atoms in total. The first-order valence-corrected chi connectivity index (χ1v) is 8.78. The summed E-state index contributed by atoms with van der Waals surface area (Å²) in [5.41, 5.74) is 0. The lowest BCUT2D eigenvalue weighted by Gasteiger charge is -2.25. The van der Waals surface area contributed by atoms with Gasteiger partial charge in [0.15, 0.2) is 9.84 Å². The number of pyridine rings is 1. The first-order valence-electron chi connectivity index (χ1n) is 6.88. The molecule has 1 aromatic rings. The molecule has 0 aromatic carbocycles. The molecule has 0 radical (unpaired) electrons. The summed E-state index contributed by atoms with van der Waals surface area (Å²) in [5, 5.41) is 3.38. The Morgan fingerprint density at radius 2 is 2.20 bits per heavy atom. The van der Waals surface area contributed by atoms with E-state index in [2.05, 4.69) is 15.2 Å². The summed E-state index contributed by atoms with van der Waals surface area (Å²) in [6.45, 7) is 5.83. The van der Waals surface area contributed by atoms with Crippen LogP contribution in [-0.2, 0) is 9.84 Å². The van der Waals surface area contributed by atoms with Crippen molar-refractivity contribution >= 4 is 15.7 Å². The van der Waals surface area contributed by atoms with E-state index in [4.69, 9.17) is 0 Å². The van der Waals surface area contributed by atoms with Crippen molar-refractivity contribution in [1.82, 2.24) is 10.3 Å². The van der Waals surface area contributed by atoms with Gasteiger partial charge in [0.25, 0.3) is 0 Å². The summed E-state index contributed by atoms with van der Waals surface area (Å²) in [6.07, 6.45) is 4.10. The third kappa shape index (κ3) is 3.49. The number of nitrogens with zero attached hydrogens (tertiary/aromatic N) is 2. The van der Waals surface area contributed by atoms with E-state index >= 15 is 0 Å². The molecule has 1 saturated heterocycles. The van der Waals surface area contributed by atoms with Crippen molar-refractivity contribution in [1.29, 1.82) is 0 Å². The summed E-state index contributed by atoms with van der Waals surface area (Å²) < 4.78 is 22.6. The van der Waals surface area contributed by atoms with Crippen LogP contribution in [0.15, 0.2) is 24.4 Å². The van der Waals surface area contributed by atoms with Crippen LogP contribution >= 0.6 is 0 Å². The first-order chi connectivity index (χ1) is 9.29. The molecule has 2 rings (SSSR count). The molecule has 0 amide bonds. The van der Waals surface area contributed by atoms with Gasteiger partial charge in [0, 0.05) is 38.1 Å². The molecule has 1 aromatic heterocycles. The second-order valence-electron chi connectivity index (χ2n) is 6.03. The smallest absolute Gasteiger partial charge is 0.153 e. The third-order valence-electron chi connectivity index (χ3n) is 3.98. The molecular formula is C14H23N3O2S. The Morgan fingerprint density at radius 3 is 2.80 bits per heavy atom. The quantitative estimate of drug-likeness (QED) is 0.881. The van der Waals surface area contributed by atoms with E-state index in [0.717, 1.165) is 25.3 Å². The predicted molar refractivity (Wildman–Crippen MR) is 81.8 cm³/mol. The van der Waals surface area contributed by atoms with Crippen LogP contribution in [-0.4, -0.2) is 50.1 Å². The van der Waals surface area contributed by atoms with Crippen molar-refractivity contribution in [2.45, 2.75) is 31.1 Å². The van der Waals surface area contributed by atoms with Crippen molar-refractivity contribution in [3.8, 4) is 0 Å². The Labute approximate surface area is 121 Å². The number of aromatic nitrogens is 1.